The second kappa shape index (κ2) is 4.98. The van der Waals surface area contributed by atoms with Gasteiger partial charge in [0.15, 0.2) is 0 Å². The summed E-state index contributed by atoms with van der Waals surface area (Å²) in [7, 11) is 0. The molecule has 0 spiro atoms. The molecule has 3 rings (SSSR count). The molecule has 1 aliphatic rings. The Morgan fingerprint density at radius 2 is 1.20 bits per heavy atom. The van der Waals surface area contributed by atoms with Crippen molar-refractivity contribution in [2.24, 2.45) is 0 Å². The van der Waals surface area contributed by atoms with Crippen molar-refractivity contribution in [1.82, 2.24) is 0 Å². The van der Waals surface area contributed by atoms with Crippen LogP contribution < -0.4 is 0 Å². The molecule has 0 aliphatic carbocycles. The van der Waals surface area contributed by atoms with E-state index in [2.05, 4.69) is 12.6 Å². The first-order chi connectivity index (χ1) is 9.66. The molecule has 1 aliphatic heterocycles. The largest absolute Gasteiger partial charge is 0.386 e. The van der Waals surface area contributed by atoms with Crippen molar-refractivity contribution in [3.63, 3.8) is 0 Å². The number of hydrogen-bond donors (Lipinski definition) is 1. The van der Waals surface area contributed by atoms with Crippen LogP contribution in [0.4, 0.5) is 0 Å². The molecule has 0 bridgehead atoms. The van der Waals surface area contributed by atoms with E-state index in [-0.39, 0.29) is 0 Å². The highest BCUT2D eigenvalue weighted by Gasteiger charge is 2.34. The predicted octanol–water partition coefficient (Wildman–Crippen LogP) is 2.97. The van der Waals surface area contributed by atoms with Gasteiger partial charge in [-0.25, -0.2) is 9.59 Å². The second-order valence-electron chi connectivity index (χ2n) is 4.34. The molecule has 0 fully saturated rings. The van der Waals surface area contributed by atoms with Crippen LogP contribution in [0, 0.1) is 0 Å². The Hall–Kier alpha value is -2.33. The minimum atomic E-state index is -0.610. The molecule has 0 saturated carbocycles. The van der Waals surface area contributed by atoms with Crippen molar-refractivity contribution in [1.29, 1.82) is 0 Å². The van der Waals surface area contributed by atoms with Gasteiger partial charge in [0.25, 0.3) is 0 Å². The first-order valence-corrected chi connectivity index (χ1v) is 6.47. The van der Waals surface area contributed by atoms with Gasteiger partial charge in [0, 0.05) is 4.90 Å². The summed E-state index contributed by atoms with van der Waals surface area (Å²) < 4.78 is 4.75. The number of carbonyl (C=O) groups is 2. The summed E-state index contributed by atoms with van der Waals surface area (Å²) in [4.78, 5) is 24.6. The Balaban J connectivity index is 2.21. The molecule has 0 amide bonds. The zero-order chi connectivity index (χ0) is 14.1. The van der Waals surface area contributed by atoms with Gasteiger partial charge < -0.3 is 4.74 Å². The maximum absolute atomic E-state index is 11.9. The van der Waals surface area contributed by atoms with Crippen LogP contribution in [0.3, 0.4) is 0 Å². The number of thiol groups is 1. The molecule has 3 nitrogen and oxygen atoms in total. The van der Waals surface area contributed by atoms with E-state index in [0.717, 1.165) is 4.90 Å². The van der Waals surface area contributed by atoms with E-state index in [4.69, 9.17) is 4.74 Å². The van der Waals surface area contributed by atoms with E-state index in [9.17, 15) is 9.59 Å². The summed E-state index contributed by atoms with van der Waals surface area (Å²) in [5, 5.41) is 0. The number of rotatable bonds is 2. The summed E-state index contributed by atoms with van der Waals surface area (Å²) in [6.07, 6.45) is 0. The first kappa shape index (κ1) is 12.7. The lowest BCUT2D eigenvalue weighted by Gasteiger charge is -2.03. The van der Waals surface area contributed by atoms with E-state index >= 15 is 0 Å². The minimum absolute atomic E-state index is 0.300. The lowest BCUT2D eigenvalue weighted by atomic mass is 9.96. The van der Waals surface area contributed by atoms with E-state index < -0.39 is 11.9 Å². The van der Waals surface area contributed by atoms with Crippen LogP contribution in [0.2, 0.25) is 0 Å². The molecule has 0 saturated heterocycles. The predicted molar refractivity (Wildman–Crippen MR) is 78.0 cm³/mol. The highest BCUT2D eigenvalue weighted by Crippen LogP contribution is 2.33. The topological polar surface area (TPSA) is 43.4 Å². The van der Waals surface area contributed by atoms with Gasteiger partial charge in [0.2, 0.25) is 0 Å². The molecule has 20 heavy (non-hydrogen) atoms. The van der Waals surface area contributed by atoms with Crippen molar-refractivity contribution >= 4 is 35.7 Å². The zero-order valence-electron chi connectivity index (χ0n) is 10.4. The van der Waals surface area contributed by atoms with Gasteiger partial charge in [-0.15, -0.1) is 12.6 Å². The molecular formula is C16H10O3S. The van der Waals surface area contributed by atoms with Crippen LogP contribution in [-0.4, -0.2) is 11.9 Å². The smallest absolute Gasteiger partial charge is 0.347 e. The van der Waals surface area contributed by atoms with E-state index in [1.807, 2.05) is 18.2 Å². The third-order valence-corrected chi connectivity index (χ3v) is 3.36. The van der Waals surface area contributed by atoms with Crippen LogP contribution in [0.5, 0.6) is 0 Å². The van der Waals surface area contributed by atoms with Crippen LogP contribution >= 0.6 is 12.6 Å². The fourth-order valence-corrected chi connectivity index (χ4v) is 2.30. The summed E-state index contributed by atoms with van der Waals surface area (Å²) in [5.41, 5.74) is 1.93. The molecule has 0 aromatic heterocycles. The van der Waals surface area contributed by atoms with Crippen molar-refractivity contribution in [3.8, 4) is 0 Å². The number of esters is 2. The highest BCUT2D eigenvalue weighted by atomic mass is 32.1. The third-order valence-electron chi connectivity index (χ3n) is 3.06. The standard InChI is InChI=1S/C16H10O3S/c17-15-13(10-4-2-1-3-5-10)14(16(18)19-15)11-6-8-12(20)9-7-11/h1-9,20H. The average Bonchev–Trinajstić information content (AvgIpc) is 2.75. The number of hydrogen-bond acceptors (Lipinski definition) is 4. The van der Waals surface area contributed by atoms with Crippen molar-refractivity contribution in [2.75, 3.05) is 0 Å². The normalized spacial score (nSPS) is 14.7. The molecule has 0 unspecified atom stereocenters. The van der Waals surface area contributed by atoms with Crippen LogP contribution in [0.15, 0.2) is 59.5 Å². The second-order valence-corrected chi connectivity index (χ2v) is 4.86. The van der Waals surface area contributed by atoms with Gasteiger partial charge in [0.05, 0.1) is 11.1 Å². The Morgan fingerprint density at radius 3 is 1.75 bits per heavy atom. The maximum Gasteiger partial charge on any atom is 0.347 e. The zero-order valence-corrected chi connectivity index (χ0v) is 11.3. The quantitative estimate of drug-likeness (QED) is 0.523. The van der Waals surface area contributed by atoms with Gasteiger partial charge in [-0.3, -0.25) is 0 Å². The highest BCUT2D eigenvalue weighted by molar-refractivity contribution is 7.80. The Labute approximate surface area is 121 Å². The monoisotopic (exact) mass is 282 g/mol. The molecule has 0 N–H and O–H groups in total. The molecular weight excluding hydrogens is 272 g/mol. The summed E-state index contributed by atoms with van der Waals surface area (Å²) in [5.74, 6) is -1.22. The molecule has 0 radical (unpaired) electrons. The number of ether oxygens (including phenoxy) is 1. The van der Waals surface area contributed by atoms with Crippen molar-refractivity contribution in [3.05, 3.63) is 65.7 Å². The van der Waals surface area contributed by atoms with E-state index in [0.29, 0.717) is 22.3 Å². The molecule has 0 atom stereocenters. The van der Waals surface area contributed by atoms with Gasteiger partial charge in [-0.1, -0.05) is 42.5 Å². The van der Waals surface area contributed by atoms with Crippen LogP contribution in [-0.2, 0) is 14.3 Å². The minimum Gasteiger partial charge on any atom is -0.386 e. The molecule has 4 heteroatoms. The Kier molecular flexibility index (Phi) is 3.16. The van der Waals surface area contributed by atoms with Gasteiger partial charge in [0.1, 0.15) is 0 Å². The maximum atomic E-state index is 11.9. The Bertz CT molecular complexity index is 715. The number of benzene rings is 2. The average molecular weight is 282 g/mol. The summed E-state index contributed by atoms with van der Waals surface area (Å²) in [6, 6.07) is 16.1. The lowest BCUT2D eigenvalue weighted by molar-refractivity contribution is -0.149. The van der Waals surface area contributed by atoms with Crippen molar-refractivity contribution in [2.45, 2.75) is 4.90 Å². The fourth-order valence-electron chi connectivity index (χ4n) is 2.15. The van der Waals surface area contributed by atoms with Crippen LogP contribution in [0.1, 0.15) is 11.1 Å². The lowest BCUT2D eigenvalue weighted by Crippen LogP contribution is -2.01. The number of cyclic esters (lactones) is 2. The molecule has 98 valence electrons. The van der Waals surface area contributed by atoms with E-state index in [1.54, 1.807) is 36.4 Å². The first-order valence-electron chi connectivity index (χ1n) is 6.02. The molecule has 1 heterocycles. The van der Waals surface area contributed by atoms with Gasteiger partial charge in [-0.05, 0) is 23.3 Å². The summed E-state index contributed by atoms with van der Waals surface area (Å²) >= 11 is 4.21. The molecule has 2 aromatic rings. The van der Waals surface area contributed by atoms with Crippen molar-refractivity contribution < 1.29 is 14.3 Å². The third kappa shape index (κ3) is 2.14. The fraction of sp³-hybridized carbons (Fsp3) is 0. The van der Waals surface area contributed by atoms with Gasteiger partial charge in [-0.2, -0.15) is 0 Å². The van der Waals surface area contributed by atoms with Gasteiger partial charge >= 0.3 is 11.9 Å². The molecule has 2 aromatic carbocycles. The SMILES string of the molecule is O=C1OC(=O)C(c2ccc(S)cc2)=C1c1ccccc1. The number of carbonyl (C=O) groups excluding carboxylic acids is 2. The van der Waals surface area contributed by atoms with E-state index in [1.165, 1.54) is 0 Å². The van der Waals surface area contributed by atoms with Crippen LogP contribution in [0.25, 0.3) is 11.1 Å². The Morgan fingerprint density at radius 1 is 0.700 bits per heavy atom. The summed E-state index contributed by atoms with van der Waals surface area (Å²) in [6.45, 7) is 0.